The molecule has 1 saturated carbocycles. The topological polar surface area (TPSA) is 75.9 Å². The fourth-order valence-electron chi connectivity index (χ4n) is 1.91. The smallest absolute Gasteiger partial charge is 0.182 e. The van der Waals surface area contributed by atoms with Gasteiger partial charge < -0.3 is 10.7 Å². The SMILES string of the molecule is NNc1cc(Nc2cc(F)cc(F)c2F)nc(C2CC2)n1. The van der Waals surface area contributed by atoms with Crippen molar-refractivity contribution in [1.29, 1.82) is 0 Å². The molecule has 0 bridgehead atoms. The number of aromatic nitrogens is 2. The molecule has 0 saturated heterocycles. The van der Waals surface area contributed by atoms with Crippen molar-refractivity contribution < 1.29 is 13.2 Å². The molecule has 1 aromatic carbocycles. The number of benzene rings is 1. The number of nitrogens with one attached hydrogen (secondary N) is 2. The van der Waals surface area contributed by atoms with Crippen LogP contribution in [0.15, 0.2) is 18.2 Å². The summed E-state index contributed by atoms with van der Waals surface area (Å²) in [6.45, 7) is 0. The molecule has 0 amide bonds. The Hall–Kier alpha value is -2.35. The van der Waals surface area contributed by atoms with Gasteiger partial charge in [0.15, 0.2) is 11.6 Å². The molecule has 1 aromatic heterocycles. The van der Waals surface area contributed by atoms with Gasteiger partial charge in [0.1, 0.15) is 23.3 Å². The van der Waals surface area contributed by atoms with E-state index < -0.39 is 17.5 Å². The standard InChI is InChI=1S/C13H12F3N5/c14-7-3-8(15)12(16)9(4-7)18-10-5-11(21-17)20-13(19-10)6-1-2-6/h3-6H,1-2,17H2,(H2,18,19,20,21). The minimum absolute atomic E-state index is 0.212. The highest BCUT2D eigenvalue weighted by Crippen LogP contribution is 2.39. The Kier molecular flexibility index (Phi) is 3.38. The summed E-state index contributed by atoms with van der Waals surface area (Å²) in [4.78, 5) is 8.39. The van der Waals surface area contributed by atoms with Crippen molar-refractivity contribution in [2.24, 2.45) is 5.84 Å². The van der Waals surface area contributed by atoms with Crippen LogP contribution >= 0.6 is 0 Å². The lowest BCUT2D eigenvalue weighted by Crippen LogP contribution is -2.11. The van der Waals surface area contributed by atoms with Crippen LogP contribution in [0.2, 0.25) is 0 Å². The molecule has 1 aliphatic carbocycles. The molecular formula is C13H12F3N5. The maximum absolute atomic E-state index is 13.6. The fourth-order valence-corrected chi connectivity index (χ4v) is 1.91. The van der Waals surface area contributed by atoms with Gasteiger partial charge in [0.2, 0.25) is 0 Å². The summed E-state index contributed by atoms with van der Waals surface area (Å²) in [6.07, 6.45) is 1.94. The van der Waals surface area contributed by atoms with Crippen LogP contribution in [-0.4, -0.2) is 9.97 Å². The van der Waals surface area contributed by atoms with E-state index in [1.54, 1.807) is 0 Å². The lowest BCUT2D eigenvalue weighted by atomic mass is 10.2. The number of nitrogens with zero attached hydrogens (tertiary/aromatic N) is 2. The summed E-state index contributed by atoms with van der Waals surface area (Å²) in [5.41, 5.74) is 2.04. The fraction of sp³-hybridized carbons (Fsp3) is 0.231. The third-order valence-corrected chi connectivity index (χ3v) is 3.09. The molecule has 3 rings (SSSR count). The second-order valence-electron chi connectivity index (χ2n) is 4.79. The van der Waals surface area contributed by atoms with Crippen molar-refractivity contribution in [3.8, 4) is 0 Å². The number of nitrogens with two attached hydrogens (primary N) is 1. The lowest BCUT2D eigenvalue weighted by Gasteiger charge is -2.10. The normalized spacial score (nSPS) is 14.1. The third kappa shape index (κ3) is 2.89. The molecule has 0 radical (unpaired) electrons. The summed E-state index contributed by atoms with van der Waals surface area (Å²) >= 11 is 0. The van der Waals surface area contributed by atoms with Gasteiger partial charge >= 0.3 is 0 Å². The average molecular weight is 295 g/mol. The van der Waals surface area contributed by atoms with Gasteiger partial charge in [0.25, 0.3) is 0 Å². The zero-order chi connectivity index (χ0) is 15.0. The maximum Gasteiger partial charge on any atom is 0.182 e. The Balaban J connectivity index is 1.96. The van der Waals surface area contributed by atoms with Gasteiger partial charge in [-0.1, -0.05) is 0 Å². The van der Waals surface area contributed by atoms with Gasteiger partial charge in [0.05, 0.1) is 5.69 Å². The first-order valence-electron chi connectivity index (χ1n) is 6.34. The Labute approximate surface area is 118 Å². The second kappa shape index (κ2) is 5.21. The van der Waals surface area contributed by atoms with E-state index >= 15 is 0 Å². The van der Waals surface area contributed by atoms with Crippen molar-refractivity contribution in [1.82, 2.24) is 9.97 Å². The molecule has 8 heteroatoms. The first-order valence-corrected chi connectivity index (χ1v) is 6.34. The van der Waals surface area contributed by atoms with Gasteiger partial charge in [-0.15, -0.1) is 0 Å². The Morgan fingerprint density at radius 3 is 2.43 bits per heavy atom. The third-order valence-electron chi connectivity index (χ3n) is 3.09. The Bertz CT molecular complexity index is 688. The predicted octanol–water partition coefficient (Wildman–Crippen LogP) is 2.80. The van der Waals surface area contributed by atoms with Crippen molar-refractivity contribution in [2.75, 3.05) is 10.7 Å². The second-order valence-corrected chi connectivity index (χ2v) is 4.79. The zero-order valence-corrected chi connectivity index (χ0v) is 10.8. The molecule has 0 spiro atoms. The summed E-state index contributed by atoms with van der Waals surface area (Å²) in [5, 5.41) is 2.55. The zero-order valence-electron chi connectivity index (χ0n) is 10.8. The highest BCUT2D eigenvalue weighted by atomic mass is 19.2. The van der Waals surface area contributed by atoms with Crippen LogP contribution in [0, 0.1) is 17.5 Å². The predicted molar refractivity (Wildman–Crippen MR) is 71.4 cm³/mol. The van der Waals surface area contributed by atoms with Crippen LogP contribution in [0.5, 0.6) is 0 Å². The largest absolute Gasteiger partial charge is 0.337 e. The molecule has 1 heterocycles. The van der Waals surface area contributed by atoms with E-state index in [4.69, 9.17) is 5.84 Å². The first-order chi connectivity index (χ1) is 10.1. The van der Waals surface area contributed by atoms with Gasteiger partial charge in [-0.2, -0.15) is 0 Å². The van der Waals surface area contributed by atoms with Crippen LogP contribution in [0.25, 0.3) is 0 Å². The number of nitrogen functional groups attached to an aromatic ring is 1. The van der Waals surface area contributed by atoms with Crippen LogP contribution < -0.4 is 16.6 Å². The number of hydrogen-bond acceptors (Lipinski definition) is 5. The molecule has 0 atom stereocenters. The minimum atomic E-state index is -1.27. The maximum atomic E-state index is 13.6. The van der Waals surface area contributed by atoms with Crippen LogP contribution in [0.4, 0.5) is 30.5 Å². The summed E-state index contributed by atoms with van der Waals surface area (Å²) < 4.78 is 40.0. The molecule has 2 aromatic rings. The minimum Gasteiger partial charge on any atom is -0.337 e. The van der Waals surface area contributed by atoms with Gasteiger partial charge in [0, 0.05) is 24.1 Å². The molecule has 21 heavy (non-hydrogen) atoms. The van der Waals surface area contributed by atoms with E-state index in [0.29, 0.717) is 17.7 Å². The van der Waals surface area contributed by atoms with Gasteiger partial charge in [-0.25, -0.2) is 29.0 Å². The number of hydrogen-bond donors (Lipinski definition) is 3. The summed E-state index contributed by atoms with van der Waals surface area (Å²) in [7, 11) is 0. The van der Waals surface area contributed by atoms with E-state index in [0.717, 1.165) is 18.9 Å². The molecule has 4 N–H and O–H groups in total. The summed E-state index contributed by atoms with van der Waals surface area (Å²) in [6, 6.07) is 2.75. The molecule has 1 aliphatic rings. The number of halogens is 3. The quantitative estimate of drug-likeness (QED) is 0.459. The highest BCUT2D eigenvalue weighted by molar-refractivity contribution is 5.60. The van der Waals surface area contributed by atoms with E-state index in [-0.39, 0.29) is 17.4 Å². The van der Waals surface area contributed by atoms with Crippen molar-refractivity contribution in [2.45, 2.75) is 18.8 Å². The van der Waals surface area contributed by atoms with Crippen LogP contribution in [-0.2, 0) is 0 Å². The average Bonchev–Trinajstić information content (AvgIpc) is 3.28. The lowest BCUT2D eigenvalue weighted by molar-refractivity contribution is 0.498. The Morgan fingerprint density at radius 1 is 1.05 bits per heavy atom. The molecule has 1 fully saturated rings. The van der Waals surface area contributed by atoms with E-state index in [1.807, 2.05) is 0 Å². The van der Waals surface area contributed by atoms with Crippen LogP contribution in [0.3, 0.4) is 0 Å². The van der Waals surface area contributed by atoms with Crippen LogP contribution in [0.1, 0.15) is 24.6 Å². The molecular weight excluding hydrogens is 283 g/mol. The van der Waals surface area contributed by atoms with Gasteiger partial charge in [-0.05, 0) is 12.8 Å². The molecule has 0 unspecified atom stereocenters. The molecule has 110 valence electrons. The number of rotatable bonds is 4. The monoisotopic (exact) mass is 295 g/mol. The number of anilines is 3. The molecule has 0 aliphatic heterocycles. The highest BCUT2D eigenvalue weighted by Gasteiger charge is 2.27. The Morgan fingerprint density at radius 2 is 1.76 bits per heavy atom. The number of hydrazine groups is 1. The molecule has 5 nitrogen and oxygen atoms in total. The van der Waals surface area contributed by atoms with E-state index in [2.05, 4.69) is 20.7 Å². The van der Waals surface area contributed by atoms with Crippen molar-refractivity contribution in [3.05, 3.63) is 41.5 Å². The van der Waals surface area contributed by atoms with Crippen molar-refractivity contribution >= 4 is 17.3 Å². The van der Waals surface area contributed by atoms with Crippen molar-refractivity contribution in [3.63, 3.8) is 0 Å². The van der Waals surface area contributed by atoms with Gasteiger partial charge in [-0.3, -0.25) is 0 Å². The summed E-state index contributed by atoms with van der Waals surface area (Å²) in [5.74, 6) is 3.34. The van der Waals surface area contributed by atoms with E-state index in [9.17, 15) is 13.2 Å². The first kappa shape index (κ1) is 13.6. The van der Waals surface area contributed by atoms with E-state index in [1.165, 1.54) is 6.07 Å².